The summed E-state index contributed by atoms with van der Waals surface area (Å²) in [6, 6.07) is 0.333. The summed E-state index contributed by atoms with van der Waals surface area (Å²) in [7, 11) is 1.98. The molecule has 1 aliphatic rings. The maximum atomic E-state index is 6.47. The third-order valence-corrected chi connectivity index (χ3v) is 5.59. The van der Waals surface area contributed by atoms with Crippen molar-refractivity contribution in [2.75, 3.05) is 0 Å². The molecular formula is C16H29N3S. The largest absolute Gasteiger partial charge is 0.327 e. The lowest BCUT2D eigenvalue weighted by molar-refractivity contribution is 0.473. The molecule has 0 radical (unpaired) electrons. The highest BCUT2D eigenvalue weighted by Gasteiger charge is 2.19. The standard InChI is InChI=1S/C16H29N3S/c1-19-13-14(12-18-19)20-16-11-9-7-5-3-2-4-6-8-10-15(16)17/h12-13,15-16H,2-11,17H2,1H3. The molecule has 2 unspecified atom stereocenters. The molecule has 0 spiro atoms. The zero-order valence-electron chi connectivity index (χ0n) is 12.8. The number of hydrogen-bond donors (Lipinski definition) is 1. The summed E-state index contributed by atoms with van der Waals surface area (Å²) in [6.07, 6.45) is 17.5. The van der Waals surface area contributed by atoms with Gasteiger partial charge in [0, 0.05) is 29.4 Å². The highest BCUT2D eigenvalue weighted by molar-refractivity contribution is 8.00. The van der Waals surface area contributed by atoms with Gasteiger partial charge in [0.2, 0.25) is 0 Å². The van der Waals surface area contributed by atoms with E-state index in [1.807, 2.05) is 29.7 Å². The third kappa shape index (κ3) is 5.49. The molecule has 1 aromatic heterocycles. The van der Waals surface area contributed by atoms with Gasteiger partial charge >= 0.3 is 0 Å². The van der Waals surface area contributed by atoms with Gasteiger partial charge in [-0.3, -0.25) is 4.68 Å². The average Bonchev–Trinajstić information content (AvgIpc) is 2.83. The zero-order chi connectivity index (χ0) is 14.2. The summed E-state index contributed by atoms with van der Waals surface area (Å²) < 4.78 is 1.88. The number of aromatic nitrogens is 2. The second-order valence-corrected chi connectivity index (χ2v) is 7.39. The fourth-order valence-corrected chi connectivity index (χ4v) is 4.23. The Bertz CT molecular complexity index is 378. The predicted molar refractivity (Wildman–Crippen MR) is 87.0 cm³/mol. The van der Waals surface area contributed by atoms with Gasteiger partial charge in [0.1, 0.15) is 0 Å². The Morgan fingerprint density at radius 2 is 1.65 bits per heavy atom. The van der Waals surface area contributed by atoms with Gasteiger partial charge in [0.05, 0.1) is 6.20 Å². The van der Waals surface area contributed by atoms with Crippen molar-refractivity contribution >= 4 is 11.8 Å². The van der Waals surface area contributed by atoms with E-state index in [0.29, 0.717) is 11.3 Å². The van der Waals surface area contributed by atoms with E-state index in [1.165, 1.54) is 69.1 Å². The van der Waals surface area contributed by atoms with Crippen molar-refractivity contribution in [3.05, 3.63) is 12.4 Å². The van der Waals surface area contributed by atoms with Crippen molar-refractivity contribution in [2.45, 2.75) is 80.4 Å². The first kappa shape index (κ1) is 15.9. The van der Waals surface area contributed by atoms with Gasteiger partial charge in [-0.25, -0.2) is 0 Å². The summed E-state index contributed by atoms with van der Waals surface area (Å²) in [5.74, 6) is 0. The van der Waals surface area contributed by atoms with Crippen LogP contribution in [0.4, 0.5) is 0 Å². The lowest BCUT2D eigenvalue weighted by Gasteiger charge is -2.23. The molecule has 2 rings (SSSR count). The Hall–Kier alpha value is -0.480. The second-order valence-electron chi connectivity index (χ2n) is 6.08. The van der Waals surface area contributed by atoms with Gasteiger partial charge in [0.15, 0.2) is 0 Å². The summed E-state index contributed by atoms with van der Waals surface area (Å²) in [4.78, 5) is 1.26. The summed E-state index contributed by atoms with van der Waals surface area (Å²) >= 11 is 1.94. The molecule has 20 heavy (non-hydrogen) atoms. The van der Waals surface area contributed by atoms with E-state index < -0.39 is 0 Å². The van der Waals surface area contributed by atoms with Crippen LogP contribution in [0.1, 0.15) is 64.2 Å². The van der Waals surface area contributed by atoms with Crippen molar-refractivity contribution in [3.8, 4) is 0 Å². The van der Waals surface area contributed by atoms with Gasteiger partial charge < -0.3 is 5.73 Å². The van der Waals surface area contributed by atoms with E-state index >= 15 is 0 Å². The fourth-order valence-electron chi connectivity index (χ4n) is 2.97. The maximum absolute atomic E-state index is 6.47. The normalized spacial score (nSPS) is 26.7. The van der Waals surface area contributed by atoms with E-state index in [1.54, 1.807) is 0 Å². The van der Waals surface area contributed by atoms with Crippen molar-refractivity contribution in [2.24, 2.45) is 12.8 Å². The molecule has 0 amide bonds. The Balaban J connectivity index is 1.90. The number of nitrogens with zero attached hydrogens (tertiary/aromatic N) is 2. The topological polar surface area (TPSA) is 43.8 Å². The molecule has 1 fully saturated rings. The molecule has 114 valence electrons. The summed E-state index contributed by atoms with van der Waals surface area (Å²) in [5.41, 5.74) is 6.47. The van der Waals surface area contributed by atoms with Gasteiger partial charge in [0.25, 0.3) is 0 Å². The van der Waals surface area contributed by atoms with Crippen LogP contribution in [0.5, 0.6) is 0 Å². The van der Waals surface area contributed by atoms with E-state index in [9.17, 15) is 0 Å². The number of rotatable bonds is 2. The van der Waals surface area contributed by atoms with Crippen LogP contribution in [0.25, 0.3) is 0 Å². The lowest BCUT2D eigenvalue weighted by Crippen LogP contribution is -2.32. The second kappa shape index (κ2) is 8.73. The van der Waals surface area contributed by atoms with Crippen molar-refractivity contribution < 1.29 is 0 Å². The molecule has 0 aromatic carbocycles. The first-order valence-electron chi connectivity index (χ1n) is 8.16. The molecule has 1 heterocycles. The van der Waals surface area contributed by atoms with Crippen LogP contribution in [0.3, 0.4) is 0 Å². The van der Waals surface area contributed by atoms with Gasteiger partial charge in [-0.1, -0.05) is 51.4 Å². The van der Waals surface area contributed by atoms with E-state index in [-0.39, 0.29) is 0 Å². The predicted octanol–water partition coefficient (Wildman–Crippen LogP) is 4.12. The van der Waals surface area contributed by atoms with Crippen LogP contribution in [0, 0.1) is 0 Å². The molecule has 0 saturated heterocycles. The fraction of sp³-hybridized carbons (Fsp3) is 0.812. The van der Waals surface area contributed by atoms with Crippen LogP contribution < -0.4 is 5.73 Å². The molecule has 1 saturated carbocycles. The van der Waals surface area contributed by atoms with Crippen LogP contribution in [-0.4, -0.2) is 21.1 Å². The molecule has 1 aromatic rings. The van der Waals surface area contributed by atoms with E-state index in [2.05, 4.69) is 11.3 Å². The number of nitrogens with two attached hydrogens (primary N) is 1. The number of thioether (sulfide) groups is 1. The molecule has 3 nitrogen and oxygen atoms in total. The van der Waals surface area contributed by atoms with Crippen LogP contribution >= 0.6 is 11.8 Å². The minimum atomic E-state index is 0.333. The quantitative estimate of drug-likeness (QED) is 0.892. The molecule has 2 atom stereocenters. The Kier molecular flexibility index (Phi) is 6.94. The van der Waals surface area contributed by atoms with Crippen molar-refractivity contribution in [1.29, 1.82) is 0 Å². The van der Waals surface area contributed by atoms with Crippen LogP contribution in [0.2, 0.25) is 0 Å². The third-order valence-electron chi connectivity index (χ3n) is 4.22. The van der Waals surface area contributed by atoms with E-state index in [0.717, 1.165) is 0 Å². The van der Waals surface area contributed by atoms with Crippen LogP contribution in [0.15, 0.2) is 17.3 Å². The molecule has 1 aliphatic carbocycles. The highest BCUT2D eigenvalue weighted by atomic mass is 32.2. The summed E-state index contributed by atoms with van der Waals surface area (Å²) in [6.45, 7) is 0. The molecule has 0 aliphatic heterocycles. The smallest absolute Gasteiger partial charge is 0.0625 e. The van der Waals surface area contributed by atoms with E-state index in [4.69, 9.17) is 5.73 Å². The molecular weight excluding hydrogens is 266 g/mol. The van der Waals surface area contributed by atoms with Crippen molar-refractivity contribution in [1.82, 2.24) is 9.78 Å². The first-order chi connectivity index (χ1) is 9.75. The SMILES string of the molecule is Cn1cc(SC2CCCCCCCCCCC2N)cn1. The number of hydrogen-bond acceptors (Lipinski definition) is 3. The first-order valence-corrected chi connectivity index (χ1v) is 9.04. The molecule has 0 bridgehead atoms. The highest BCUT2D eigenvalue weighted by Crippen LogP contribution is 2.30. The Morgan fingerprint density at radius 1 is 1.05 bits per heavy atom. The zero-order valence-corrected chi connectivity index (χ0v) is 13.6. The monoisotopic (exact) mass is 295 g/mol. The minimum absolute atomic E-state index is 0.333. The molecule has 2 N–H and O–H groups in total. The minimum Gasteiger partial charge on any atom is -0.327 e. The summed E-state index contributed by atoms with van der Waals surface area (Å²) in [5, 5.41) is 4.82. The average molecular weight is 295 g/mol. The van der Waals surface area contributed by atoms with Gasteiger partial charge in [-0.2, -0.15) is 5.10 Å². The maximum Gasteiger partial charge on any atom is 0.0625 e. The van der Waals surface area contributed by atoms with Crippen LogP contribution in [-0.2, 0) is 7.05 Å². The lowest BCUT2D eigenvalue weighted by atomic mass is 9.98. The van der Waals surface area contributed by atoms with Gasteiger partial charge in [-0.05, 0) is 12.8 Å². The molecule has 4 heteroatoms. The Morgan fingerprint density at radius 3 is 2.25 bits per heavy atom. The Labute approximate surface area is 127 Å². The van der Waals surface area contributed by atoms with Crippen molar-refractivity contribution in [3.63, 3.8) is 0 Å². The number of aryl methyl sites for hydroxylation is 1. The van der Waals surface area contributed by atoms with Gasteiger partial charge in [-0.15, -0.1) is 11.8 Å².